The first kappa shape index (κ1) is 16.8. The van der Waals surface area contributed by atoms with Crippen LogP contribution in [-0.4, -0.2) is 18.3 Å². The molecule has 114 valence electrons. The molecule has 0 unspecified atom stereocenters. The fourth-order valence-corrected chi connectivity index (χ4v) is 1.42. The van der Waals surface area contributed by atoms with Gasteiger partial charge in [-0.15, -0.1) is 0 Å². The summed E-state index contributed by atoms with van der Waals surface area (Å²) >= 11 is 0. The molecule has 0 aliphatic carbocycles. The van der Waals surface area contributed by atoms with E-state index in [1.54, 1.807) is 6.07 Å². The number of alkyl halides is 3. The Labute approximate surface area is 116 Å². The molecule has 1 aromatic rings. The lowest BCUT2D eigenvalue weighted by Crippen LogP contribution is -2.35. The lowest BCUT2D eigenvalue weighted by atomic mass is 10.1. The summed E-state index contributed by atoms with van der Waals surface area (Å²) in [5.41, 5.74) is 0.610. The van der Waals surface area contributed by atoms with Crippen molar-refractivity contribution in [1.29, 1.82) is 0 Å². The van der Waals surface area contributed by atoms with E-state index in [2.05, 4.69) is 5.32 Å². The maximum atomic E-state index is 13.7. The van der Waals surface area contributed by atoms with Crippen molar-refractivity contribution in [3.05, 3.63) is 29.6 Å². The van der Waals surface area contributed by atoms with Crippen LogP contribution in [0, 0.1) is 5.82 Å². The number of ether oxygens (including phenoxy) is 1. The van der Waals surface area contributed by atoms with Crippen LogP contribution in [0.3, 0.4) is 0 Å². The minimum absolute atomic E-state index is 0.0989. The Kier molecular flexibility index (Phi) is 5.39. The van der Waals surface area contributed by atoms with E-state index in [1.807, 2.05) is 20.8 Å². The van der Waals surface area contributed by atoms with Gasteiger partial charge in [-0.3, -0.25) is 0 Å². The van der Waals surface area contributed by atoms with Crippen molar-refractivity contribution in [2.24, 2.45) is 0 Å². The van der Waals surface area contributed by atoms with Gasteiger partial charge in [-0.1, -0.05) is 6.07 Å². The minimum Gasteiger partial charge on any atom is -0.490 e. The molecule has 1 aromatic carbocycles. The van der Waals surface area contributed by atoms with Gasteiger partial charge in [-0.05, 0) is 38.5 Å². The number of rotatable bonds is 5. The fourth-order valence-electron chi connectivity index (χ4n) is 1.42. The Balaban J connectivity index is 2.55. The van der Waals surface area contributed by atoms with Crippen LogP contribution in [0.1, 0.15) is 32.8 Å². The molecule has 0 saturated heterocycles. The Morgan fingerprint density at radius 1 is 1.15 bits per heavy atom. The smallest absolute Gasteiger partial charge is 0.392 e. The van der Waals surface area contributed by atoms with Gasteiger partial charge in [-0.2, -0.15) is 13.2 Å². The van der Waals surface area contributed by atoms with Crippen LogP contribution in [0.4, 0.5) is 17.6 Å². The highest BCUT2D eigenvalue weighted by Crippen LogP contribution is 2.22. The molecule has 0 saturated carbocycles. The van der Waals surface area contributed by atoms with Crippen LogP contribution < -0.4 is 10.1 Å². The summed E-state index contributed by atoms with van der Waals surface area (Å²) in [6.07, 6.45) is -5.40. The molecule has 0 aliphatic rings. The molecule has 1 N–H and O–H groups in total. The molecule has 0 atom stereocenters. The number of benzene rings is 1. The number of hydrogen-bond donors (Lipinski definition) is 1. The Hall–Kier alpha value is -1.30. The van der Waals surface area contributed by atoms with Gasteiger partial charge in [0, 0.05) is 12.1 Å². The van der Waals surface area contributed by atoms with Crippen LogP contribution in [0.25, 0.3) is 0 Å². The number of nitrogens with one attached hydrogen (secondary N) is 1. The second-order valence-electron chi connectivity index (χ2n) is 5.58. The van der Waals surface area contributed by atoms with Crippen LogP contribution in [0.2, 0.25) is 0 Å². The van der Waals surface area contributed by atoms with E-state index in [0.29, 0.717) is 12.1 Å². The van der Waals surface area contributed by atoms with Crippen LogP contribution in [0.5, 0.6) is 5.75 Å². The molecule has 20 heavy (non-hydrogen) atoms. The average molecular weight is 293 g/mol. The summed E-state index contributed by atoms with van der Waals surface area (Å²) in [6, 6.07) is 4.25. The van der Waals surface area contributed by atoms with Crippen LogP contribution in [0.15, 0.2) is 18.2 Å². The summed E-state index contributed by atoms with van der Waals surface area (Å²) in [5, 5.41) is 3.19. The van der Waals surface area contributed by atoms with E-state index in [0.717, 1.165) is 0 Å². The number of halogens is 4. The maximum absolute atomic E-state index is 13.7. The molecular formula is C14H19F4NO. The molecule has 6 heteroatoms. The van der Waals surface area contributed by atoms with Gasteiger partial charge in [0.25, 0.3) is 0 Å². The van der Waals surface area contributed by atoms with E-state index in [-0.39, 0.29) is 11.3 Å². The molecule has 1 rings (SSSR count). The van der Waals surface area contributed by atoms with E-state index < -0.39 is 25.0 Å². The van der Waals surface area contributed by atoms with Crippen molar-refractivity contribution in [2.75, 3.05) is 6.61 Å². The van der Waals surface area contributed by atoms with E-state index >= 15 is 0 Å². The van der Waals surface area contributed by atoms with Crippen molar-refractivity contribution in [3.8, 4) is 5.75 Å². The molecule has 0 bridgehead atoms. The third-order valence-electron chi connectivity index (χ3n) is 2.46. The molecule has 0 amide bonds. The van der Waals surface area contributed by atoms with Crippen molar-refractivity contribution >= 4 is 0 Å². The van der Waals surface area contributed by atoms with Gasteiger partial charge in [0.2, 0.25) is 0 Å². The van der Waals surface area contributed by atoms with Crippen molar-refractivity contribution < 1.29 is 22.3 Å². The lowest BCUT2D eigenvalue weighted by molar-refractivity contribution is -0.139. The standard InChI is InChI=1S/C14H19F4NO/c1-13(2,3)19-9-10-4-5-12(11(15)8-10)20-7-6-14(16,17)18/h4-5,8,19H,6-7,9H2,1-3H3. The summed E-state index contributed by atoms with van der Waals surface area (Å²) in [4.78, 5) is 0. The first-order valence-electron chi connectivity index (χ1n) is 6.30. The monoisotopic (exact) mass is 293 g/mol. The zero-order valence-corrected chi connectivity index (χ0v) is 11.8. The lowest BCUT2D eigenvalue weighted by Gasteiger charge is -2.20. The van der Waals surface area contributed by atoms with Crippen molar-refractivity contribution in [1.82, 2.24) is 5.32 Å². The van der Waals surface area contributed by atoms with Crippen LogP contribution in [-0.2, 0) is 6.54 Å². The molecule has 2 nitrogen and oxygen atoms in total. The SMILES string of the molecule is CC(C)(C)NCc1ccc(OCCC(F)(F)F)c(F)c1. The summed E-state index contributed by atoms with van der Waals surface area (Å²) < 4.78 is 54.3. The fraction of sp³-hybridized carbons (Fsp3) is 0.571. The summed E-state index contributed by atoms with van der Waals surface area (Å²) in [7, 11) is 0. The summed E-state index contributed by atoms with van der Waals surface area (Å²) in [5.74, 6) is -0.811. The van der Waals surface area contributed by atoms with Gasteiger partial charge in [0.15, 0.2) is 11.6 Å². The Morgan fingerprint density at radius 3 is 2.30 bits per heavy atom. The Morgan fingerprint density at radius 2 is 1.80 bits per heavy atom. The third kappa shape index (κ3) is 6.75. The van der Waals surface area contributed by atoms with Crippen LogP contribution >= 0.6 is 0 Å². The van der Waals surface area contributed by atoms with Crippen molar-refractivity contribution in [2.45, 2.75) is 45.5 Å². The first-order valence-corrected chi connectivity index (χ1v) is 6.30. The molecule has 0 aromatic heterocycles. The molecule has 0 spiro atoms. The van der Waals surface area contributed by atoms with Gasteiger partial charge in [-0.25, -0.2) is 4.39 Å². The van der Waals surface area contributed by atoms with Crippen molar-refractivity contribution in [3.63, 3.8) is 0 Å². The zero-order chi connectivity index (χ0) is 15.4. The topological polar surface area (TPSA) is 21.3 Å². The van der Waals surface area contributed by atoms with Gasteiger partial charge in [0.05, 0.1) is 13.0 Å². The highest BCUT2D eigenvalue weighted by molar-refractivity contribution is 5.29. The second-order valence-corrected chi connectivity index (χ2v) is 5.58. The molecule has 0 aliphatic heterocycles. The van der Waals surface area contributed by atoms with E-state index in [9.17, 15) is 17.6 Å². The minimum atomic E-state index is -4.30. The normalized spacial score (nSPS) is 12.6. The van der Waals surface area contributed by atoms with Gasteiger partial charge >= 0.3 is 6.18 Å². The molecule has 0 heterocycles. The van der Waals surface area contributed by atoms with Gasteiger partial charge < -0.3 is 10.1 Å². The largest absolute Gasteiger partial charge is 0.490 e. The average Bonchev–Trinajstić information content (AvgIpc) is 2.26. The second kappa shape index (κ2) is 6.43. The highest BCUT2D eigenvalue weighted by Gasteiger charge is 2.27. The summed E-state index contributed by atoms with van der Waals surface area (Å²) in [6.45, 7) is 5.84. The third-order valence-corrected chi connectivity index (χ3v) is 2.46. The zero-order valence-electron chi connectivity index (χ0n) is 11.8. The first-order chi connectivity index (χ1) is 9.07. The van der Waals surface area contributed by atoms with E-state index in [4.69, 9.17) is 4.74 Å². The predicted octanol–water partition coefficient (Wildman–Crippen LogP) is 4.05. The molecular weight excluding hydrogens is 274 g/mol. The maximum Gasteiger partial charge on any atom is 0.392 e. The highest BCUT2D eigenvalue weighted by atomic mass is 19.4. The van der Waals surface area contributed by atoms with Gasteiger partial charge in [0.1, 0.15) is 0 Å². The molecule has 0 fully saturated rings. The number of hydrogen-bond acceptors (Lipinski definition) is 2. The predicted molar refractivity (Wildman–Crippen MR) is 69.2 cm³/mol. The quantitative estimate of drug-likeness (QED) is 0.827. The molecule has 0 radical (unpaired) electrons. The van der Waals surface area contributed by atoms with E-state index in [1.165, 1.54) is 12.1 Å². The Bertz CT molecular complexity index is 438.